The molecule has 0 saturated carbocycles. The molecule has 1 heterocycles. The quantitative estimate of drug-likeness (QED) is 0.741. The fourth-order valence-electron chi connectivity index (χ4n) is 0.941. The maximum Gasteiger partial charge on any atom is 0.451 e. The summed E-state index contributed by atoms with van der Waals surface area (Å²) >= 11 is 0. The zero-order chi connectivity index (χ0) is 15.3. The average molecular weight is 285 g/mol. The molecule has 3 nitrogen and oxygen atoms in total. The van der Waals surface area contributed by atoms with Crippen LogP contribution in [-0.2, 0) is 18.8 Å². The van der Waals surface area contributed by atoms with Crippen molar-refractivity contribution in [2.45, 2.75) is 32.6 Å². The van der Waals surface area contributed by atoms with Crippen LogP contribution in [0.5, 0.6) is 0 Å². The molecule has 0 fully saturated rings. The summed E-state index contributed by atoms with van der Waals surface area (Å²) in [6.07, 6.45) is -10.8. The van der Waals surface area contributed by atoms with Crippen LogP contribution in [0.2, 0.25) is 0 Å². The van der Waals surface area contributed by atoms with Gasteiger partial charge in [-0.3, -0.25) is 0 Å². The first-order chi connectivity index (χ1) is 8.64. The van der Waals surface area contributed by atoms with E-state index < -0.39 is 36.0 Å². The van der Waals surface area contributed by atoms with Crippen LogP contribution < -0.4 is 0 Å². The average Bonchev–Trinajstić information content (AvgIpc) is 2.29. The van der Waals surface area contributed by atoms with Gasteiger partial charge in [-0.15, -0.1) is 0 Å². The van der Waals surface area contributed by atoms with Crippen LogP contribution in [0.4, 0.5) is 26.3 Å². The lowest BCUT2D eigenvalue weighted by molar-refractivity contribution is -0.152. The number of nitriles is 1. The van der Waals surface area contributed by atoms with Gasteiger partial charge in [0, 0.05) is 0 Å². The Kier molecular flexibility index (Phi) is 5.74. The molecule has 0 bridgehead atoms. The molecule has 0 aliphatic heterocycles. The summed E-state index contributed by atoms with van der Waals surface area (Å²) in [7, 11) is 0. The van der Waals surface area contributed by atoms with Crippen LogP contribution in [-0.4, -0.2) is 9.97 Å². The number of halogens is 6. The van der Waals surface area contributed by atoms with Crippen molar-refractivity contribution >= 4 is 0 Å². The van der Waals surface area contributed by atoms with Crippen LogP contribution in [0.3, 0.4) is 0 Å². The number of rotatable bonds is 1. The zero-order valence-electron chi connectivity index (χ0n) is 9.89. The molecule has 0 aromatic carbocycles. The molecule has 0 aliphatic rings. The topological polar surface area (TPSA) is 49.6 Å². The molecular weight excluding hydrogens is 276 g/mol. The highest BCUT2D eigenvalue weighted by molar-refractivity contribution is 5.17. The molecule has 9 heteroatoms. The second-order valence-corrected chi connectivity index (χ2v) is 2.90. The monoisotopic (exact) mass is 285 g/mol. The highest BCUT2D eigenvalue weighted by Crippen LogP contribution is 2.32. The highest BCUT2D eigenvalue weighted by Gasteiger charge is 2.40. The van der Waals surface area contributed by atoms with Crippen LogP contribution in [0.1, 0.15) is 31.1 Å². The van der Waals surface area contributed by atoms with E-state index >= 15 is 0 Å². The molecule has 0 saturated heterocycles. The highest BCUT2D eigenvalue weighted by atomic mass is 19.4. The molecule has 0 unspecified atom stereocenters. The van der Waals surface area contributed by atoms with Crippen LogP contribution >= 0.6 is 0 Å². The zero-order valence-corrected chi connectivity index (χ0v) is 9.89. The van der Waals surface area contributed by atoms with Crippen LogP contribution in [0, 0.1) is 11.3 Å². The molecule has 1 aromatic heterocycles. The van der Waals surface area contributed by atoms with E-state index in [2.05, 4.69) is 9.97 Å². The Morgan fingerprint density at radius 2 is 1.58 bits per heavy atom. The predicted molar refractivity (Wildman–Crippen MR) is 52.7 cm³/mol. The summed E-state index contributed by atoms with van der Waals surface area (Å²) in [6, 6.07) is 1.73. The second kappa shape index (κ2) is 6.36. The summed E-state index contributed by atoms with van der Waals surface area (Å²) in [4.78, 5) is 5.24. The van der Waals surface area contributed by atoms with Crippen LogP contribution in [0.15, 0.2) is 6.07 Å². The lowest BCUT2D eigenvalue weighted by Gasteiger charge is -2.10. The Morgan fingerprint density at radius 3 is 1.95 bits per heavy atom. The minimum atomic E-state index is -5.09. The smallest absolute Gasteiger partial charge is 0.228 e. The number of nitrogens with zero attached hydrogens (tertiary/aromatic N) is 3. The molecule has 0 N–H and O–H groups in total. The fourth-order valence-corrected chi connectivity index (χ4v) is 0.941. The van der Waals surface area contributed by atoms with Gasteiger partial charge in [0.2, 0.25) is 5.82 Å². The van der Waals surface area contributed by atoms with Gasteiger partial charge in [-0.1, -0.05) is 13.8 Å². The van der Waals surface area contributed by atoms with E-state index in [0.29, 0.717) is 6.07 Å². The summed E-state index contributed by atoms with van der Waals surface area (Å²) < 4.78 is 73.3. The van der Waals surface area contributed by atoms with Gasteiger partial charge in [0.05, 0.1) is 18.2 Å². The molecule has 0 spiro atoms. The molecular formula is C10H9F6N3. The van der Waals surface area contributed by atoms with Crippen molar-refractivity contribution in [2.75, 3.05) is 0 Å². The summed E-state index contributed by atoms with van der Waals surface area (Å²) in [5.41, 5.74) is -2.34. The van der Waals surface area contributed by atoms with E-state index in [-0.39, 0.29) is 0 Å². The minimum Gasteiger partial charge on any atom is -0.228 e. The van der Waals surface area contributed by atoms with Gasteiger partial charge in [0.15, 0.2) is 0 Å². The van der Waals surface area contributed by atoms with Crippen molar-refractivity contribution in [1.82, 2.24) is 9.97 Å². The molecule has 0 atom stereocenters. The van der Waals surface area contributed by atoms with Crippen LogP contribution in [0.25, 0.3) is 0 Å². The van der Waals surface area contributed by atoms with E-state index in [1.165, 1.54) is 6.07 Å². The Bertz CT molecular complexity index is 426. The largest absolute Gasteiger partial charge is 0.451 e. The van der Waals surface area contributed by atoms with Crippen molar-refractivity contribution in [3.63, 3.8) is 0 Å². The third kappa shape index (κ3) is 5.11. The van der Waals surface area contributed by atoms with E-state index in [9.17, 15) is 26.3 Å². The van der Waals surface area contributed by atoms with E-state index in [1.54, 1.807) is 0 Å². The normalized spacial score (nSPS) is 11.3. The maximum absolute atomic E-state index is 12.2. The lowest BCUT2D eigenvalue weighted by atomic mass is 10.2. The van der Waals surface area contributed by atoms with Gasteiger partial charge in [0.25, 0.3) is 0 Å². The lowest BCUT2D eigenvalue weighted by Crippen LogP contribution is -2.18. The van der Waals surface area contributed by atoms with Gasteiger partial charge in [0.1, 0.15) is 5.69 Å². The van der Waals surface area contributed by atoms with Gasteiger partial charge in [-0.05, 0) is 6.07 Å². The number of alkyl halides is 6. The first kappa shape index (κ1) is 17.2. The standard InChI is InChI=1S/C8H3F6N3.C2H6/c9-7(10,11)5-3-4(1-2-15)16-6(17-5)8(12,13)14;1-2/h3H,1H2;1-2H3. The fraction of sp³-hybridized carbons (Fsp3) is 0.500. The Morgan fingerprint density at radius 1 is 1.05 bits per heavy atom. The molecule has 1 aromatic rings. The van der Waals surface area contributed by atoms with Crippen molar-refractivity contribution < 1.29 is 26.3 Å². The van der Waals surface area contributed by atoms with Gasteiger partial charge >= 0.3 is 12.4 Å². The van der Waals surface area contributed by atoms with Crippen molar-refractivity contribution in [2.24, 2.45) is 0 Å². The third-order valence-corrected chi connectivity index (χ3v) is 1.58. The molecule has 0 amide bonds. The Balaban J connectivity index is 0.00000154. The first-order valence-corrected chi connectivity index (χ1v) is 5.04. The van der Waals surface area contributed by atoms with Crippen molar-refractivity contribution in [1.29, 1.82) is 5.26 Å². The van der Waals surface area contributed by atoms with Crippen molar-refractivity contribution in [3.8, 4) is 6.07 Å². The maximum atomic E-state index is 12.2. The SMILES string of the molecule is CC.N#CCc1cc(C(F)(F)F)nc(C(F)(F)F)n1. The number of hydrogen-bond donors (Lipinski definition) is 0. The van der Waals surface area contributed by atoms with Gasteiger partial charge < -0.3 is 0 Å². The molecule has 106 valence electrons. The third-order valence-electron chi connectivity index (χ3n) is 1.58. The van der Waals surface area contributed by atoms with E-state index in [0.717, 1.165) is 0 Å². The van der Waals surface area contributed by atoms with Crippen molar-refractivity contribution in [3.05, 3.63) is 23.3 Å². The first-order valence-electron chi connectivity index (χ1n) is 5.04. The number of aromatic nitrogens is 2. The summed E-state index contributed by atoms with van der Waals surface area (Å²) in [6.45, 7) is 4.00. The predicted octanol–water partition coefficient (Wildman–Crippen LogP) is 3.61. The Labute approximate surface area is 104 Å². The second-order valence-electron chi connectivity index (χ2n) is 2.90. The molecule has 1 rings (SSSR count). The number of hydrogen-bond acceptors (Lipinski definition) is 3. The minimum absolute atomic E-state index is 0.318. The summed E-state index contributed by atoms with van der Waals surface area (Å²) in [5, 5.41) is 8.23. The Hall–Kier alpha value is -1.85. The van der Waals surface area contributed by atoms with Gasteiger partial charge in [-0.25, -0.2) is 9.97 Å². The molecule has 0 aliphatic carbocycles. The molecule has 19 heavy (non-hydrogen) atoms. The molecule has 0 radical (unpaired) electrons. The van der Waals surface area contributed by atoms with E-state index in [4.69, 9.17) is 5.26 Å². The van der Waals surface area contributed by atoms with E-state index in [1.807, 2.05) is 13.8 Å². The van der Waals surface area contributed by atoms with Gasteiger partial charge in [-0.2, -0.15) is 31.6 Å². The summed E-state index contributed by atoms with van der Waals surface area (Å²) in [5.74, 6) is -1.91.